The maximum absolute atomic E-state index is 12.2. The minimum Gasteiger partial charge on any atom is -0.494 e. The van der Waals surface area contributed by atoms with Crippen molar-refractivity contribution in [1.82, 2.24) is 0 Å². The molecule has 0 saturated heterocycles. The highest BCUT2D eigenvalue weighted by Crippen LogP contribution is 2.18. The summed E-state index contributed by atoms with van der Waals surface area (Å²) in [6.45, 7) is 2.73. The van der Waals surface area contributed by atoms with Crippen LogP contribution >= 0.6 is 0 Å². The predicted molar refractivity (Wildman–Crippen MR) is 102 cm³/mol. The van der Waals surface area contributed by atoms with Crippen LogP contribution in [0.25, 0.3) is 6.08 Å². The molecule has 0 spiro atoms. The van der Waals surface area contributed by atoms with E-state index >= 15 is 0 Å². The average molecular weight is 365 g/mol. The molecule has 7 nitrogen and oxygen atoms in total. The van der Waals surface area contributed by atoms with Crippen LogP contribution in [-0.2, 0) is 4.79 Å². The van der Waals surface area contributed by atoms with Crippen molar-refractivity contribution in [3.05, 3.63) is 69.8 Å². The van der Waals surface area contributed by atoms with Crippen molar-refractivity contribution < 1.29 is 14.5 Å². The number of ether oxygens (including phenoxy) is 1. The maximum Gasteiger partial charge on any atom is 0.269 e. The molecule has 0 atom stereocenters. The van der Waals surface area contributed by atoms with E-state index in [2.05, 4.69) is 12.2 Å². The molecule has 0 aliphatic carbocycles. The lowest BCUT2D eigenvalue weighted by molar-refractivity contribution is -0.384. The molecule has 2 aromatic rings. The van der Waals surface area contributed by atoms with Gasteiger partial charge in [-0.1, -0.05) is 25.5 Å². The molecule has 0 radical (unpaired) electrons. The molecule has 0 fully saturated rings. The molecule has 0 aromatic heterocycles. The number of carbonyl (C=O) groups excluding carboxylic acids is 1. The van der Waals surface area contributed by atoms with Crippen LogP contribution in [0.2, 0.25) is 0 Å². The number of benzene rings is 2. The monoisotopic (exact) mass is 365 g/mol. The fourth-order valence-electron chi connectivity index (χ4n) is 2.17. The average Bonchev–Trinajstić information content (AvgIpc) is 2.67. The Morgan fingerprint density at radius 2 is 1.89 bits per heavy atom. The summed E-state index contributed by atoms with van der Waals surface area (Å²) < 4.78 is 5.57. The third kappa shape index (κ3) is 5.97. The second-order valence-corrected chi connectivity index (χ2v) is 5.70. The van der Waals surface area contributed by atoms with E-state index in [9.17, 15) is 20.2 Å². The molecule has 27 heavy (non-hydrogen) atoms. The van der Waals surface area contributed by atoms with Gasteiger partial charge in [0.05, 0.1) is 11.5 Å². The molecule has 2 aromatic carbocycles. The van der Waals surface area contributed by atoms with Crippen molar-refractivity contribution in [1.29, 1.82) is 5.26 Å². The van der Waals surface area contributed by atoms with Crippen molar-refractivity contribution in [3.8, 4) is 11.8 Å². The predicted octanol–water partition coefficient (Wildman–Crippen LogP) is 4.32. The van der Waals surface area contributed by atoms with Crippen molar-refractivity contribution in [2.75, 3.05) is 11.9 Å². The Morgan fingerprint density at radius 1 is 1.22 bits per heavy atom. The van der Waals surface area contributed by atoms with E-state index in [0.717, 1.165) is 18.6 Å². The van der Waals surface area contributed by atoms with Gasteiger partial charge in [0.25, 0.3) is 11.6 Å². The van der Waals surface area contributed by atoms with E-state index in [1.54, 1.807) is 24.3 Å². The number of nitriles is 1. The van der Waals surface area contributed by atoms with Gasteiger partial charge < -0.3 is 10.1 Å². The molecular formula is C20H19N3O4. The zero-order chi connectivity index (χ0) is 19.6. The number of nitrogens with zero attached hydrogens (tertiary/aromatic N) is 2. The van der Waals surface area contributed by atoms with Crippen molar-refractivity contribution in [2.45, 2.75) is 19.8 Å². The standard InChI is InChI=1S/C20H19N3O4/c1-2-3-12-27-19-10-4-15(5-11-19)13-16(14-21)20(24)22-17-6-8-18(9-7-17)23(25)26/h4-11,13H,2-3,12H2,1H3,(H,22,24)/b16-13+. The normalized spacial score (nSPS) is 10.7. The maximum atomic E-state index is 12.2. The highest BCUT2D eigenvalue weighted by Gasteiger charge is 2.11. The molecule has 0 heterocycles. The van der Waals surface area contributed by atoms with Gasteiger partial charge in [-0.15, -0.1) is 0 Å². The number of amides is 1. The topological polar surface area (TPSA) is 105 Å². The number of carbonyl (C=O) groups is 1. The summed E-state index contributed by atoms with van der Waals surface area (Å²) in [7, 11) is 0. The lowest BCUT2D eigenvalue weighted by Gasteiger charge is -2.06. The Labute approximate surface area is 157 Å². The number of nitro groups is 1. The molecule has 0 saturated carbocycles. The molecule has 1 N–H and O–H groups in total. The number of nitro benzene ring substituents is 1. The van der Waals surface area contributed by atoms with Crippen LogP contribution in [0.15, 0.2) is 54.1 Å². The Balaban J connectivity index is 2.05. The number of hydrogen-bond acceptors (Lipinski definition) is 5. The van der Waals surface area contributed by atoms with Crippen LogP contribution in [0.3, 0.4) is 0 Å². The van der Waals surface area contributed by atoms with Crippen LogP contribution in [0.1, 0.15) is 25.3 Å². The van der Waals surface area contributed by atoms with Crippen LogP contribution in [0.4, 0.5) is 11.4 Å². The van der Waals surface area contributed by atoms with Gasteiger partial charge in [-0.25, -0.2) is 0 Å². The van der Waals surface area contributed by atoms with Gasteiger partial charge in [0.15, 0.2) is 0 Å². The first-order valence-electron chi connectivity index (χ1n) is 8.44. The molecular weight excluding hydrogens is 346 g/mol. The lowest BCUT2D eigenvalue weighted by atomic mass is 10.1. The fraction of sp³-hybridized carbons (Fsp3) is 0.200. The van der Waals surface area contributed by atoms with Crippen molar-refractivity contribution >= 4 is 23.4 Å². The van der Waals surface area contributed by atoms with Gasteiger partial charge in [-0.3, -0.25) is 14.9 Å². The summed E-state index contributed by atoms with van der Waals surface area (Å²) >= 11 is 0. The van der Waals surface area contributed by atoms with E-state index in [1.165, 1.54) is 30.3 Å². The van der Waals surface area contributed by atoms with E-state index in [4.69, 9.17) is 4.74 Å². The van der Waals surface area contributed by atoms with Crippen LogP contribution < -0.4 is 10.1 Å². The number of anilines is 1. The number of rotatable bonds is 8. The molecule has 0 unspecified atom stereocenters. The quantitative estimate of drug-likeness (QED) is 0.247. The lowest BCUT2D eigenvalue weighted by Crippen LogP contribution is -2.13. The van der Waals surface area contributed by atoms with E-state index in [0.29, 0.717) is 17.9 Å². The first-order chi connectivity index (χ1) is 13.0. The zero-order valence-electron chi connectivity index (χ0n) is 14.8. The van der Waals surface area contributed by atoms with Gasteiger partial charge in [0, 0.05) is 17.8 Å². The van der Waals surface area contributed by atoms with Gasteiger partial charge in [0.2, 0.25) is 0 Å². The molecule has 2 rings (SSSR count). The first-order valence-corrected chi connectivity index (χ1v) is 8.44. The molecule has 138 valence electrons. The number of unbranched alkanes of at least 4 members (excludes halogenated alkanes) is 1. The Morgan fingerprint density at radius 3 is 2.44 bits per heavy atom. The number of non-ortho nitro benzene ring substituents is 1. The van der Waals surface area contributed by atoms with Gasteiger partial charge in [0.1, 0.15) is 17.4 Å². The van der Waals surface area contributed by atoms with E-state index in [1.807, 2.05) is 6.07 Å². The summed E-state index contributed by atoms with van der Waals surface area (Å²) in [5, 5.41) is 22.5. The molecule has 0 bridgehead atoms. The molecule has 1 amide bonds. The Bertz CT molecular complexity index is 866. The summed E-state index contributed by atoms with van der Waals surface area (Å²) in [5.41, 5.74) is 0.901. The molecule has 0 aliphatic heterocycles. The summed E-state index contributed by atoms with van der Waals surface area (Å²) in [5.74, 6) is 0.143. The zero-order valence-corrected chi connectivity index (χ0v) is 14.8. The van der Waals surface area contributed by atoms with Gasteiger partial charge in [-0.05, 0) is 42.3 Å². The third-order valence-corrected chi connectivity index (χ3v) is 3.66. The van der Waals surface area contributed by atoms with Crippen molar-refractivity contribution in [2.24, 2.45) is 0 Å². The fourth-order valence-corrected chi connectivity index (χ4v) is 2.17. The second-order valence-electron chi connectivity index (χ2n) is 5.70. The van der Waals surface area contributed by atoms with Gasteiger partial charge in [-0.2, -0.15) is 5.26 Å². The number of nitrogens with one attached hydrogen (secondary N) is 1. The summed E-state index contributed by atoms with van der Waals surface area (Å²) in [6, 6.07) is 14.3. The van der Waals surface area contributed by atoms with E-state index in [-0.39, 0.29) is 11.3 Å². The van der Waals surface area contributed by atoms with E-state index < -0.39 is 10.8 Å². The SMILES string of the molecule is CCCCOc1ccc(/C=C(\C#N)C(=O)Nc2ccc([N+](=O)[O-])cc2)cc1. The van der Waals surface area contributed by atoms with Crippen molar-refractivity contribution in [3.63, 3.8) is 0 Å². The Hall–Kier alpha value is -3.66. The summed E-state index contributed by atoms with van der Waals surface area (Å²) in [6.07, 6.45) is 3.50. The highest BCUT2D eigenvalue weighted by molar-refractivity contribution is 6.09. The van der Waals surface area contributed by atoms with Gasteiger partial charge >= 0.3 is 0 Å². The minimum atomic E-state index is -0.588. The minimum absolute atomic E-state index is 0.0759. The number of hydrogen-bond donors (Lipinski definition) is 1. The molecule has 7 heteroatoms. The largest absolute Gasteiger partial charge is 0.494 e. The highest BCUT2D eigenvalue weighted by atomic mass is 16.6. The van der Waals surface area contributed by atoms with Crippen LogP contribution in [-0.4, -0.2) is 17.4 Å². The second kappa shape index (κ2) is 9.73. The van der Waals surface area contributed by atoms with Crippen LogP contribution in [0, 0.1) is 21.4 Å². The van der Waals surface area contributed by atoms with Crippen LogP contribution in [0.5, 0.6) is 5.75 Å². The first kappa shape index (κ1) is 19.7. The third-order valence-electron chi connectivity index (χ3n) is 3.66. The smallest absolute Gasteiger partial charge is 0.269 e. The molecule has 0 aliphatic rings. The summed E-state index contributed by atoms with van der Waals surface area (Å²) in [4.78, 5) is 22.4. The Kier molecular flexibility index (Phi) is 7.08.